The van der Waals surface area contributed by atoms with Gasteiger partial charge in [-0.2, -0.15) is 0 Å². The van der Waals surface area contributed by atoms with Crippen molar-refractivity contribution in [3.8, 4) is 0 Å². The second-order valence-electron chi connectivity index (χ2n) is 4.98. The van der Waals surface area contributed by atoms with Crippen molar-refractivity contribution in [3.63, 3.8) is 0 Å². The molecule has 2 N–H and O–H groups in total. The van der Waals surface area contributed by atoms with E-state index in [1.54, 1.807) is 0 Å². The van der Waals surface area contributed by atoms with E-state index in [4.69, 9.17) is 5.73 Å². The molecule has 2 aliphatic rings. The van der Waals surface area contributed by atoms with E-state index in [9.17, 15) is 4.79 Å². The van der Waals surface area contributed by atoms with E-state index >= 15 is 0 Å². The highest BCUT2D eigenvalue weighted by Gasteiger charge is 2.27. The number of amides is 2. The SMILES string of the molecule is NCCC1CCN(C(=O)N2CCCC2)CC1. The first-order valence-electron chi connectivity index (χ1n) is 6.55. The van der Waals surface area contributed by atoms with Crippen molar-refractivity contribution in [2.75, 3.05) is 32.7 Å². The Labute approximate surface area is 97.8 Å². The van der Waals surface area contributed by atoms with E-state index < -0.39 is 0 Å². The van der Waals surface area contributed by atoms with Gasteiger partial charge >= 0.3 is 6.03 Å². The van der Waals surface area contributed by atoms with Crippen LogP contribution in [0.2, 0.25) is 0 Å². The van der Waals surface area contributed by atoms with Crippen LogP contribution in [0.4, 0.5) is 4.79 Å². The van der Waals surface area contributed by atoms with Crippen LogP contribution in [0.1, 0.15) is 32.1 Å². The van der Waals surface area contributed by atoms with E-state index in [1.165, 1.54) is 12.8 Å². The number of nitrogens with two attached hydrogens (primary N) is 1. The lowest BCUT2D eigenvalue weighted by Crippen LogP contribution is -2.45. The number of piperidine rings is 1. The summed E-state index contributed by atoms with van der Waals surface area (Å²) in [5, 5.41) is 0. The monoisotopic (exact) mass is 225 g/mol. The fraction of sp³-hybridized carbons (Fsp3) is 0.917. The van der Waals surface area contributed by atoms with Gasteiger partial charge in [0.2, 0.25) is 0 Å². The number of rotatable bonds is 2. The molecule has 0 unspecified atom stereocenters. The van der Waals surface area contributed by atoms with E-state index in [0.717, 1.165) is 57.9 Å². The Kier molecular flexibility index (Phi) is 4.04. The molecule has 0 bridgehead atoms. The van der Waals surface area contributed by atoms with Crippen LogP contribution in [-0.2, 0) is 0 Å². The molecule has 0 saturated carbocycles. The van der Waals surface area contributed by atoms with Gasteiger partial charge in [-0.05, 0) is 44.6 Å². The summed E-state index contributed by atoms with van der Waals surface area (Å²) < 4.78 is 0. The van der Waals surface area contributed by atoms with Crippen LogP contribution >= 0.6 is 0 Å². The van der Waals surface area contributed by atoms with Gasteiger partial charge in [0.1, 0.15) is 0 Å². The van der Waals surface area contributed by atoms with Gasteiger partial charge in [-0.3, -0.25) is 0 Å². The summed E-state index contributed by atoms with van der Waals surface area (Å²) in [6.45, 7) is 4.56. The Balaban J connectivity index is 1.77. The third-order valence-electron chi connectivity index (χ3n) is 3.84. The average Bonchev–Trinajstić information content (AvgIpc) is 2.83. The molecule has 0 spiro atoms. The van der Waals surface area contributed by atoms with Gasteiger partial charge in [0.15, 0.2) is 0 Å². The molecule has 2 fully saturated rings. The summed E-state index contributed by atoms with van der Waals surface area (Å²) in [4.78, 5) is 16.1. The van der Waals surface area contributed by atoms with E-state index in [1.807, 2.05) is 9.80 Å². The van der Waals surface area contributed by atoms with Gasteiger partial charge in [-0.25, -0.2) is 4.79 Å². The molecule has 0 radical (unpaired) electrons. The Morgan fingerprint density at radius 1 is 1.06 bits per heavy atom. The average molecular weight is 225 g/mol. The minimum absolute atomic E-state index is 0.267. The first kappa shape index (κ1) is 11.7. The number of hydrogen-bond donors (Lipinski definition) is 1. The topological polar surface area (TPSA) is 49.6 Å². The summed E-state index contributed by atoms with van der Waals surface area (Å²) in [7, 11) is 0. The highest BCUT2D eigenvalue weighted by molar-refractivity contribution is 5.74. The lowest BCUT2D eigenvalue weighted by Gasteiger charge is -2.34. The second-order valence-corrected chi connectivity index (χ2v) is 4.98. The van der Waals surface area contributed by atoms with Crippen LogP contribution in [-0.4, -0.2) is 48.6 Å². The van der Waals surface area contributed by atoms with E-state index in [2.05, 4.69) is 0 Å². The van der Waals surface area contributed by atoms with Crippen molar-refractivity contribution in [2.45, 2.75) is 32.1 Å². The van der Waals surface area contributed by atoms with Crippen LogP contribution < -0.4 is 5.73 Å². The molecule has 0 atom stereocenters. The van der Waals surface area contributed by atoms with Crippen LogP contribution in [0.15, 0.2) is 0 Å². The molecule has 2 aliphatic heterocycles. The lowest BCUT2D eigenvalue weighted by molar-refractivity contribution is 0.139. The standard InChI is InChI=1S/C12H23N3O/c13-6-3-11-4-9-15(10-5-11)12(16)14-7-1-2-8-14/h11H,1-10,13H2. The van der Waals surface area contributed by atoms with Crippen molar-refractivity contribution < 1.29 is 4.79 Å². The first-order chi connectivity index (χ1) is 7.81. The molecular weight excluding hydrogens is 202 g/mol. The molecule has 92 valence electrons. The molecule has 2 rings (SSSR count). The minimum Gasteiger partial charge on any atom is -0.330 e. The van der Waals surface area contributed by atoms with Gasteiger partial charge in [0, 0.05) is 26.2 Å². The highest BCUT2D eigenvalue weighted by atomic mass is 16.2. The van der Waals surface area contributed by atoms with E-state index in [0.29, 0.717) is 0 Å². The zero-order valence-electron chi connectivity index (χ0n) is 10.0. The fourth-order valence-electron chi connectivity index (χ4n) is 2.76. The van der Waals surface area contributed by atoms with Crippen molar-refractivity contribution in [1.82, 2.24) is 9.80 Å². The summed E-state index contributed by atoms with van der Waals surface area (Å²) in [6.07, 6.45) is 5.74. The fourth-order valence-corrected chi connectivity index (χ4v) is 2.76. The molecule has 2 amide bonds. The summed E-state index contributed by atoms with van der Waals surface area (Å²) in [5.74, 6) is 0.743. The van der Waals surface area contributed by atoms with Gasteiger partial charge in [0.05, 0.1) is 0 Å². The molecular formula is C12H23N3O. The Bertz CT molecular complexity index is 230. The zero-order chi connectivity index (χ0) is 11.4. The predicted molar refractivity (Wildman–Crippen MR) is 64.2 cm³/mol. The van der Waals surface area contributed by atoms with Crippen molar-refractivity contribution in [1.29, 1.82) is 0 Å². The maximum absolute atomic E-state index is 12.1. The van der Waals surface area contributed by atoms with E-state index in [-0.39, 0.29) is 6.03 Å². The van der Waals surface area contributed by atoms with Crippen LogP contribution in [0.3, 0.4) is 0 Å². The normalized spacial score (nSPS) is 22.8. The van der Waals surface area contributed by atoms with Gasteiger partial charge in [0.25, 0.3) is 0 Å². The first-order valence-corrected chi connectivity index (χ1v) is 6.55. The molecule has 0 aromatic heterocycles. The molecule has 4 nitrogen and oxygen atoms in total. The Morgan fingerprint density at radius 2 is 1.62 bits per heavy atom. The largest absolute Gasteiger partial charge is 0.330 e. The quantitative estimate of drug-likeness (QED) is 0.769. The maximum atomic E-state index is 12.1. The van der Waals surface area contributed by atoms with Crippen LogP contribution in [0, 0.1) is 5.92 Å². The number of carbonyl (C=O) groups is 1. The van der Waals surface area contributed by atoms with Crippen molar-refractivity contribution in [2.24, 2.45) is 11.7 Å². The summed E-state index contributed by atoms with van der Waals surface area (Å²) >= 11 is 0. The number of urea groups is 1. The van der Waals surface area contributed by atoms with Crippen molar-refractivity contribution in [3.05, 3.63) is 0 Å². The molecule has 0 aromatic rings. The van der Waals surface area contributed by atoms with Crippen LogP contribution in [0.25, 0.3) is 0 Å². The number of carbonyl (C=O) groups excluding carboxylic acids is 1. The second kappa shape index (κ2) is 5.53. The highest BCUT2D eigenvalue weighted by Crippen LogP contribution is 2.21. The van der Waals surface area contributed by atoms with Gasteiger partial charge in [-0.15, -0.1) is 0 Å². The third-order valence-corrected chi connectivity index (χ3v) is 3.84. The molecule has 16 heavy (non-hydrogen) atoms. The molecule has 4 heteroatoms. The molecule has 0 aliphatic carbocycles. The van der Waals surface area contributed by atoms with Crippen LogP contribution in [0.5, 0.6) is 0 Å². The number of nitrogens with zero attached hydrogens (tertiary/aromatic N) is 2. The van der Waals surface area contributed by atoms with Gasteiger partial charge in [-0.1, -0.05) is 0 Å². The minimum atomic E-state index is 0.267. The Morgan fingerprint density at radius 3 is 2.19 bits per heavy atom. The van der Waals surface area contributed by atoms with Gasteiger partial charge < -0.3 is 15.5 Å². The number of likely N-dealkylation sites (tertiary alicyclic amines) is 2. The Hall–Kier alpha value is -0.770. The predicted octanol–water partition coefficient (Wildman–Crippen LogP) is 1.26. The third kappa shape index (κ3) is 2.67. The smallest absolute Gasteiger partial charge is 0.319 e. The number of hydrogen-bond acceptors (Lipinski definition) is 2. The maximum Gasteiger partial charge on any atom is 0.319 e. The van der Waals surface area contributed by atoms with Crippen molar-refractivity contribution >= 4 is 6.03 Å². The summed E-state index contributed by atoms with van der Waals surface area (Å²) in [6, 6.07) is 0.267. The molecule has 0 aromatic carbocycles. The zero-order valence-corrected chi connectivity index (χ0v) is 10.0. The molecule has 2 saturated heterocycles. The lowest BCUT2D eigenvalue weighted by atomic mass is 9.94. The molecule has 2 heterocycles. The summed E-state index contributed by atoms with van der Waals surface area (Å²) in [5.41, 5.74) is 5.56.